The van der Waals surface area contributed by atoms with Gasteiger partial charge in [-0.05, 0) is 36.1 Å². The number of halogens is 1. The summed E-state index contributed by atoms with van der Waals surface area (Å²) >= 11 is 5.99. The molecule has 2 aromatic rings. The fraction of sp³-hybridized carbons (Fsp3) is 0.250. The fourth-order valence-corrected chi connectivity index (χ4v) is 2.81. The summed E-state index contributed by atoms with van der Waals surface area (Å²) in [6.07, 6.45) is 1.98. The summed E-state index contributed by atoms with van der Waals surface area (Å²) < 4.78 is 0. The highest BCUT2D eigenvalue weighted by molar-refractivity contribution is 6.29. The van der Waals surface area contributed by atoms with E-state index in [1.807, 2.05) is 6.07 Å². The number of pyridine rings is 1. The lowest BCUT2D eigenvalue weighted by atomic mass is 10.0. The average molecular weight is 284 g/mol. The topological polar surface area (TPSA) is 39.9 Å². The van der Waals surface area contributed by atoms with Gasteiger partial charge in [0, 0.05) is 13.1 Å². The third-order valence-corrected chi connectivity index (χ3v) is 3.85. The zero-order chi connectivity index (χ0) is 13.9. The fourth-order valence-electron chi connectivity index (χ4n) is 2.61. The maximum atomic E-state index is 9.03. The molecule has 0 bridgehead atoms. The quantitative estimate of drug-likeness (QED) is 0.755. The summed E-state index contributed by atoms with van der Waals surface area (Å²) in [7, 11) is 0. The number of nitriles is 1. The molecule has 0 unspecified atom stereocenters. The van der Waals surface area contributed by atoms with Crippen molar-refractivity contribution in [3.63, 3.8) is 0 Å². The molecule has 4 heteroatoms. The number of hydrogen-bond acceptors (Lipinski definition) is 3. The highest BCUT2D eigenvalue weighted by Crippen LogP contribution is 2.22. The first-order valence-electron chi connectivity index (χ1n) is 6.66. The van der Waals surface area contributed by atoms with E-state index in [0.29, 0.717) is 10.7 Å². The Morgan fingerprint density at radius 2 is 1.75 bits per heavy atom. The van der Waals surface area contributed by atoms with E-state index in [0.717, 1.165) is 31.7 Å². The molecule has 1 aliphatic heterocycles. The van der Waals surface area contributed by atoms with Gasteiger partial charge < -0.3 is 4.90 Å². The third kappa shape index (κ3) is 2.61. The largest absolute Gasteiger partial charge is 0.356 e. The van der Waals surface area contributed by atoms with E-state index >= 15 is 0 Å². The van der Waals surface area contributed by atoms with Crippen molar-refractivity contribution in [1.82, 2.24) is 4.98 Å². The van der Waals surface area contributed by atoms with Crippen LogP contribution in [0.25, 0.3) is 0 Å². The minimum absolute atomic E-state index is 0.376. The number of anilines is 1. The number of nitrogens with zero attached hydrogens (tertiary/aromatic N) is 3. The van der Waals surface area contributed by atoms with Gasteiger partial charge in [0.05, 0.1) is 11.6 Å². The van der Waals surface area contributed by atoms with Gasteiger partial charge >= 0.3 is 0 Å². The molecule has 3 rings (SSSR count). The SMILES string of the molecule is N#Cc1cc(Cl)nc(N2CCc3ccccc3CC2)c1. The van der Waals surface area contributed by atoms with Crippen molar-refractivity contribution in [2.75, 3.05) is 18.0 Å². The van der Waals surface area contributed by atoms with E-state index in [2.05, 4.69) is 40.2 Å². The normalized spacial score (nSPS) is 14.3. The zero-order valence-corrected chi connectivity index (χ0v) is 11.8. The maximum Gasteiger partial charge on any atom is 0.132 e. The predicted molar refractivity (Wildman–Crippen MR) is 80.0 cm³/mol. The molecular weight excluding hydrogens is 270 g/mol. The van der Waals surface area contributed by atoms with Gasteiger partial charge in [0.25, 0.3) is 0 Å². The van der Waals surface area contributed by atoms with E-state index in [9.17, 15) is 0 Å². The number of hydrogen-bond donors (Lipinski definition) is 0. The smallest absolute Gasteiger partial charge is 0.132 e. The van der Waals surface area contributed by atoms with Gasteiger partial charge in [-0.25, -0.2) is 4.98 Å². The van der Waals surface area contributed by atoms with Crippen molar-refractivity contribution in [3.8, 4) is 6.07 Å². The standard InChI is InChI=1S/C16H14ClN3/c17-15-9-12(11-18)10-16(19-15)20-7-5-13-3-1-2-4-14(13)6-8-20/h1-4,9-10H,5-8H2. The molecule has 0 saturated carbocycles. The van der Waals surface area contributed by atoms with Gasteiger partial charge in [-0.1, -0.05) is 35.9 Å². The minimum Gasteiger partial charge on any atom is -0.356 e. The Morgan fingerprint density at radius 3 is 2.35 bits per heavy atom. The lowest BCUT2D eigenvalue weighted by molar-refractivity contribution is 0.791. The van der Waals surface area contributed by atoms with E-state index in [4.69, 9.17) is 16.9 Å². The summed E-state index contributed by atoms with van der Waals surface area (Å²) in [5, 5.41) is 9.40. The molecule has 20 heavy (non-hydrogen) atoms. The van der Waals surface area contributed by atoms with E-state index < -0.39 is 0 Å². The van der Waals surface area contributed by atoms with Crippen LogP contribution in [0.4, 0.5) is 5.82 Å². The molecule has 0 aliphatic carbocycles. The zero-order valence-electron chi connectivity index (χ0n) is 11.0. The molecule has 0 spiro atoms. The Morgan fingerprint density at radius 1 is 1.10 bits per heavy atom. The van der Waals surface area contributed by atoms with Crippen molar-refractivity contribution in [2.45, 2.75) is 12.8 Å². The Kier molecular flexibility index (Phi) is 3.58. The molecule has 0 atom stereocenters. The van der Waals surface area contributed by atoms with Crippen LogP contribution in [0.15, 0.2) is 36.4 Å². The van der Waals surface area contributed by atoms with Crippen molar-refractivity contribution >= 4 is 17.4 Å². The van der Waals surface area contributed by atoms with Gasteiger partial charge in [-0.15, -0.1) is 0 Å². The third-order valence-electron chi connectivity index (χ3n) is 3.65. The van der Waals surface area contributed by atoms with Crippen LogP contribution in [-0.4, -0.2) is 18.1 Å². The molecule has 3 nitrogen and oxygen atoms in total. The first-order chi connectivity index (χ1) is 9.76. The summed E-state index contributed by atoms with van der Waals surface area (Å²) in [5.41, 5.74) is 3.36. The molecule has 0 fully saturated rings. The Bertz CT molecular complexity index is 649. The van der Waals surface area contributed by atoms with Crippen LogP contribution in [0.3, 0.4) is 0 Å². The molecule has 0 saturated heterocycles. The monoisotopic (exact) mass is 283 g/mol. The highest BCUT2D eigenvalue weighted by Gasteiger charge is 2.15. The molecule has 2 heterocycles. The van der Waals surface area contributed by atoms with Crippen LogP contribution in [0, 0.1) is 11.3 Å². The molecule has 1 aromatic carbocycles. The average Bonchev–Trinajstić information content (AvgIpc) is 2.69. The molecular formula is C16H14ClN3. The molecule has 1 aromatic heterocycles. The second-order valence-corrected chi connectivity index (χ2v) is 5.29. The van der Waals surface area contributed by atoms with Crippen LogP contribution in [0.1, 0.15) is 16.7 Å². The van der Waals surface area contributed by atoms with Crippen LogP contribution in [0.2, 0.25) is 5.15 Å². The number of aromatic nitrogens is 1. The minimum atomic E-state index is 0.376. The van der Waals surface area contributed by atoms with E-state index in [1.165, 1.54) is 11.1 Å². The predicted octanol–water partition coefficient (Wildman–Crippen LogP) is 3.21. The molecule has 100 valence electrons. The van der Waals surface area contributed by atoms with E-state index in [1.54, 1.807) is 6.07 Å². The maximum absolute atomic E-state index is 9.03. The molecule has 0 amide bonds. The summed E-state index contributed by atoms with van der Waals surface area (Å²) in [6.45, 7) is 1.80. The first-order valence-corrected chi connectivity index (χ1v) is 7.03. The Balaban J connectivity index is 1.87. The molecule has 0 radical (unpaired) electrons. The lowest BCUT2D eigenvalue weighted by Gasteiger charge is -2.21. The van der Waals surface area contributed by atoms with Crippen molar-refractivity contribution in [2.24, 2.45) is 0 Å². The summed E-state index contributed by atoms with van der Waals surface area (Å²) in [4.78, 5) is 6.55. The van der Waals surface area contributed by atoms with Gasteiger partial charge in [0.2, 0.25) is 0 Å². The lowest BCUT2D eigenvalue weighted by Crippen LogP contribution is -2.27. The first kappa shape index (κ1) is 13.0. The van der Waals surface area contributed by atoms with E-state index in [-0.39, 0.29) is 0 Å². The van der Waals surface area contributed by atoms with Crippen LogP contribution >= 0.6 is 11.6 Å². The van der Waals surface area contributed by atoms with Crippen LogP contribution in [0.5, 0.6) is 0 Å². The van der Waals surface area contributed by atoms with Crippen molar-refractivity contribution in [3.05, 3.63) is 58.2 Å². The van der Waals surface area contributed by atoms with Crippen molar-refractivity contribution < 1.29 is 0 Å². The van der Waals surface area contributed by atoms with Gasteiger partial charge in [-0.2, -0.15) is 5.26 Å². The molecule has 0 N–H and O–H groups in total. The van der Waals surface area contributed by atoms with Crippen LogP contribution in [-0.2, 0) is 12.8 Å². The highest BCUT2D eigenvalue weighted by atomic mass is 35.5. The Labute approximate surface area is 123 Å². The van der Waals surface area contributed by atoms with Gasteiger partial charge in [0.15, 0.2) is 0 Å². The van der Waals surface area contributed by atoms with Crippen LogP contribution < -0.4 is 4.90 Å². The number of rotatable bonds is 1. The second kappa shape index (κ2) is 5.52. The van der Waals surface area contributed by atoms with Crippen molar-refractivity contribution in [1.29, 1.82) is 5.26 Å². The molecule has 1 aliphatic rings. The van der Waals surface area contributed by atoms with Gasteiger partial charge in [0.1, 0.15) is 11.0 Å². The second-order valence-electron chi connectivity index (χ2n) is 4.90. The summed E-state index contributed by atoms with van der Waals surface area (Å²) in [5.74, 6) is 0.793. The number of fused-ring (bicyclic) bond motifs is 1. The number of benzene rings is 1. The van der Waals surface area contributed by atoms with Gasteiger partial charge in [-0.3, -0.25) is 0 Å². The summed E-state index contributed by atoms with van der Waals surface area (Å²) in [6, 6.07) is 14.1. The Hall–Kier alpha value is -2.05.